The summed E-state index contributed by atoms with van der Waals surface area (Å²) in [7, 11) is 1.41. The number of nitrogens with zero attached hydrogens (tertiary/aromatic N) is 3. The van der Waals surface area contributed by atoms with E-state index in [4.69, 9.17) is 4.74 Å². The van der Waals surface area contributed by atoms with Gasteiger partial charge in [-0.05, 0) is 46.6 Å². The summed E-state index contributed by atoms with van der Waals surface area (Å²) in [6.07, 6.45) is 3.25. The van der Waals surface area contributed by atoms with Gasteiger partial charge in [-0.2, -0.15) is 5.10 Å². The average Bonchev–Trinajstić information content (AvgIpc) is 3.03. The Balaban J connectivity index is 2.05. The lowest BCUT2D eigenvalue weighted by Crippen LogP contribution is -2.31. The number of carbonyl (C=O) groups is 1. The number of aliphatic hydroxyl groups excluding tert-OH is 1. The third-order valence-electron chi connectivity index (χ3n) is 4.76. The fourth-order valence-electron chi connectivity index (χ4n) is 3.45. The summed E-state index contributed by atoms with van der Waals surface area (Å²) in [5.74, 6) is -0.212. The standard InChI is InChI=1S/C17H29N3O3/c1-12(21)10-15-6-5-8-19(15)11-16-13(2)18-20(14(16)3)9-7-17(22)23-4/h12,15,21H,5-11H2,1-4H3. The molecule has 0 aliphatic carbocycles. The van der Waals surface area contributed by atoms with Gasteiger partial charge in [0.1, 0.15) is 0 Å². The quantitative estimate of drug-likeness (QED) is 0.775. The molecule has 2 heterocycles. The first-order valence-corrected chi connectivity index (χ1v) is 8.44. The summed E-state index contributed by atoms with van der Waals surface area (Å²) >= 11 is 0. The van der Waals surface area contributed by atoms with E-state index in [0.29, 0.717) is 19.0 Å². The molecule has 1 fully saturated rings. The van der Waals surface area contributed by atoms with Gasteiger partial charge in [0.15, 0.2) is 0 Å². The summed E-state index contributed by atoms with van der Waals surface area (Å²) in [6, 6.07) is 0.451. The Morgan fingerprint density at radius 2 is 2.22 bits per heavy atom. The summed E-state index contributed by atoms with van der Waals surface area (Å²) in [4.78, 5) is 13.8. The van der Waals surface area contributed by atoms with Crippen molar-refractivity contribution < 1.29 is 14.6 Å². The van der Waals surface area contributed by atoms with Gasteiger partial charge in [-0.25, -0.2) is 0 Å². The fourth-order valence-corrected chi connectivity index (χ4v) is 3.45. The van der Waals surface area contributed by atoms with Gasteiger partial charge in [0, 0.05) is 23.8 Å². The highest BCUT2D eigenvalue weighted by Crippen LogP contribution is 2.25. The second kappa shape index (κ2) is 7.93. The Morgan fingerprint density at radius 1 is 1.48 bits per heavy atom. The number of esters is 1. The molecule has 1 saturated heterocycles. The highest BCUT2D eigenvalue weighted by atomic mass is 16.5. The third kappa shape index (κ3) is 4.54. The molecule has 1 N–H and O–H groups in total. The molecule has 1 aliphatic rings. The Morgan fingerprint density at radius 3 is 2.87 bits per heavy atom. The Hall–Kier alpha value is -1.40. The van der Waals surface area contributed by atoms with Crippen LogP contribution in [-0.2, 0) is 22.6 Å². The van der Waals surface area contributed by atoms with E-state index in [0.717, 1.165) is 37.3 Å². The van der Waals surface area contributed by atoms with Crippen LogP contribution in [0.25, 0.3) is 0 Å². The first kappa shape index (κ1) is 17.9. The normalized spacial score (nSPS) is 20.0. The monoisotopic (exact) mass is 323 g/mol. The van der Waals surface area contributed by atoms with Crippen LogP contribution in [0.5, 0.6) is 0 Å². The van der Waals surface area contributed by atoms with Crippen LogP contribution in [-0.4, -0.2) is 51.6 Å². The molecule has 6 heteroatoms. The van der Waals surface area contributed by atoms with E-state index < -0.39 is 0 Å². The maximum atomic E-state index is 11.3. The van der Waals surface area contributed by atoms with Crippen LogP contribution in [0.4, 0.5) is 0 Å². The van der Waals surface area contributed by atoms with Crippen LogP contribution in [0.2, 0.25) is 0 Å². The van der Waals surface area contributed by atoms with Gasteiger partial charge in [-0.3, -0.25) is 14.4 Å². The van der Waals surface area contributed by atoms with Gasteiger partial charge < -0.3 is 9.84 Å². The largest absolute Gasteiger partial charge is 0.469 e. The molecule has 0 radical (unpaired) electrons. The molecule has 2 atom stereocenters. The van der Waals surface area contributed by atoms with Crippen LogP contribution in [0, 0.1) is 13.8 Å². The van der Waals surface area contributed by atoms with Crippen molar-refractivity contribution in [1.29, 1.82) is 0 Å². The van der Waals surface area contributed by atoms with E-state index in [2.05, 4.69) is 16.9 Å². The van der Waals surface area contributed by atoms with E-state index in [1.54, 1.807) is 0 Å². The van der Waals surface area contributed by atoms with Crippen molar-refractivity contribution in [3.8, 4) is 0 Å². The number of methoxy groups -OCH3 is 1. The minimum atomic E-state index is -0.259. The van der Waals surface area contributed by atoms with Crippen molar-refractivity contribution in [2.75, 3.05) is 13.7 Å². The molecule has 0 saturated carbocycles. The Labute approximate surface area is 138 Å². The molecular formula is C17H29N3O3. The van der Waals surface area contributed by atoms with E-state index in [1.165, 1.54) is 19.1 Å². The summed E-state index contributed by atoms with van der Waals surface area (Å²) in [5.41, 5.74) is 3.39. The molecule has 2 rings (SSSR count). The van der Waals surface area contributed by atoms with E-state index in [1.807, 2.05) is 18.5 Å². The molecule has 6 nitrogen and oxygen atoms in total. The van der Waals surface area contributed by atoms with Gasteiger partial charge in [0.2, 0.25) is 0 Å². The molecule has 1 aromatic heterocycles. The summed E-state index contributed by atoms with van der Waals surface area (Å²) in [5, 5.41) is 14.2. The van der Waals surface area contributed by atoms with Gasteiger partial charge >= 0.3 is 5.97 Å². The number of carbonyl (C=O) groups excluding carboxylic acids is 1. The lowest BCUT2D eigenvalue weighted by molar-refractivity contribution is -0.140. The molecule has 23 heavy (non-hydrogen) atoms. The number of aromatic nitrogens is 2. The van der Waals surface area contributed by atoms with Crippen LogP contribution >= 0.6 is 0 Å². The van der Waals surface area contributed by atoms with Crippen LogP contribution in [0.1, 0.15) is 49.6 Å². The maximum absolute atomic E-state index is 11.3. The minimum Gasteiger partial charge on any atom is -0.469 e. The average molecular weight is 323 g/mol. The second-order valence-electron chi connectivity index (χ2n) is 6.55. The summed E-state index contributed by atoms with van der Waals surface area (Å²) in [6.45, 7) is 8.44. The molecule has 0 aromatic carbocycles. The van der Waals surface area contributed by atoms with E-state index in [-0.39, 0.29) is 12.1 Å². The maximum Gasteiger partial charge on any atom is 0.307 e. The first-order chi connectivity index (χ1) is 10.9. The van der Waals surface area contributed by atoms with Crippen molar-refractivity contribution in [2.45, 2.75) is 71.7 Å². The van der Waals surface area contributed by atoms with Crippen molar-refractivity contribution in [3.05, 3.63) is 17.0 Å². The molecular weight excluding hydrogens is 294 g/mol. The predicted octanol–water partition coefficient (Wildman–Crippen LogP) is 1.80. The van der Waals surface area contributed by atoms with Crippen LogP contribution in [0.3, 0.4) is 0 Å². The lowest BCUT2D eigenvalue weighted by Gasteiger charge is -2.25. The van der Waals surface area contributed by atoms with Crippen molar-refractivity contribution >= 4 is 5.97 Å². The molecule has 0 bridgehead atoms. The van der Waals surface area contributed by atoms with Gasteiger partial charge in [0.05, 0.1) is 31.9 Å². The number of aliphatic hydroxyl groups is 1. The van der Waals surface area contributed by atoms with Crippen molar-refractivity contribution in [1.82, 2.24) is 14.7 Å². The van der Waals surface area contributed by atoms with Gasteiger partial charge in [-0.1, -0.05) is 0 Å². The zero-order chi connectivity index (χ0) is 17.0. The summed E-state index contributed by atoms with van der Waals surface area (Å²) < 4.78 is 6.60. The highest BCUT2D eigenvalue weighted by molar-refractivity contribution is 5.68. The van der Waals surface area contributed by atoms with Crippen molar-refractivity contribution in [2.24, 2.45) is 0 Å². The topological polar surface area (TPSA) is 67.6 Å². The molecule has 0 amide bonds. The zero-order valence-corrected chi connectivity index (χ0v) is 14.7. The number of hydrogen-bond acceptors (Lipinski definition) is 5. The number of likely N-dealkylation sites (tertiary alicyclic amines) is 1. The molecule has 1 aromatic rings. The van der Waals surface area contributed by atoms with Crippen molar-refractivity contribution in [3.63, 3.8) is 0 Å². The smallest absolute Gasteiger partial charge is 0.307 e. The second-order valence-corrected chi connectivity index (χ2v) is 6.55. The number of ether oxygens (including phenoxy) is 1. The van der Waals surface area contributed by atoms with Gasteiger partial charge in [-0.15, -0.1) is 0 Å². The van der Waals surface area contributed by atoms with Crippen LogP contribution < -0.4 is 0 Å². The fraction of sp³-hybridized carbons (Fsp3) is 0.765. The third-order valence-corrected chi connectivity index (χ3v) is 4.76. The number of aryl methyl sites for hydroxylation is 2. The SMILES string of the molecule is COC(=O)CCn1nc(C)c(CN2CCCC2CC(C)O)c1C. The van der Waals surface area contributed by atoms with E-state index >= 15 is 0 Å². The predicted molar refractivity (Wildman–Crippen MR) is 88.1 cm³/mol. The van der Waals surface area contributed by atoms with Crippen LogP contribution in [0.15, 0.2) is 0 Å². The number of hydrogen-bond donors (Lipinski definition) is 1. The first-order valence-electron chi connectivity index (χ1n) is 8.44. The van der Waals surface area contributed by atoms with Gasteiger partial charge in [0.25, 0.3) is 0 Å². The molecule has 0 spiro atoms. The minimum absolute atomic E-state index is 0.212. The number of rotatable bonds is 7. The molecule has 130 valence electrons. The van der Waals surface area contributed by atoms with E-state index in [9.17, 15) is 9.90 Å². The zero-order valence-electron chi connectivity index (χ0n) is 14.7. The molecule has 2 unspecified atom stereocenters. The Bertz CT molecular complexity index is 539. The lowest BCUT2D eigenvalue weighted by atomic mass is 10.1. The molecule has 1 aliphatic heterocycles. The highest BCUT2D eigenvalue weighted by Gasteiger charge is 2.27. The Kier molecular flexibility index (Phi) is 6.18.